The van der Waals surface area contributed by atoms with Crippen molar-refractivity contribution in [3.8, 4) is 5.75 Å². The first-order valence-electron chi connectivity index (χ1n) is 7.85. The van der Waals surface area contributed by atoms with E-state index in [1.54, 1.807) is 20.8 Å². The van der Waals surface area contributed by atoms with Crippen molar-refractivity contribution in [2.45, 2.75) is 32.7 Å². The van der Waals surface area contributed by atoms with Crippen molar-refractivity contribution >= 4 is 40.8 Å². The topological polar surface area (TPSA) is 101 Å². The molecule has 0 aromatic heterocycles. The smallest absolute Gasteiger partial charge is 0.444 e. The van der Waals surface area contributed by atoms with Crippen LogP contribution in [-0.2, 0) is 9.53 Å². The Balaban J connectivity index is 2.24. The van der Waals surface area contributed by atoms with Gasteiger partial charge in [-0.05, 0) is 39.0 Å². The van der Waals surface area contributed by atoms with Crippen LogP contribution in [0.1, 0.15) is 26.3 Å². The van der Waals surface area contributed by atoms with Crippen LogP contribution < -0.4 is 15.4 Å². The summed E-state index contributed by atoms with van der Waals surface area (Å²) in [6.07, 6.45) is -4.55. The minimum atomic E-state index is -4.88. The Labute approximate surface area is 162 Å². The number of amidine groups is 1. The van der Waals surface area contributed by atoms with E-state index < -0.39 is 23.8 Å². The third-order valence-electron chi connectivity index (χ3n) is 2.82. The van der Waals surface area contributed by atoms with E-state index >= 15 is 0 Å². The van der Waals surface area contributed by atoms with Crippen molar-refractivity contribution in [3.05, 3.63) is 23.8 Å². The number of rotatable bonds is 4. The van der Waals surface area contributed by atoms with Crippen molar-refractivity contribution in [1.29, 1.82) is 0 Å². The van der Waals surface area contributed by atoms with Crippen LogP contribution in [0.5, 0.6) is 5.75 Å². The Morgan fingerprint density at radius 1 is 1.32 bits per heavy atom. The second kappa shape index (κ2) is 8.50. The van der Waals surface area contributed by atoms with Crippen LogP contribution in [0.3, 0.4) is 0 Å². The molecule has 1 aliphatic heterocycles. The average molecular weight is 418 g/mol. The second-order valence-electron chi connectivity index (χ2n) is 6.41. The number of hydrogen-bond donors (Lipinski definition) is 2. The molecule has 0 radical (unpaired) electrons. The monoisotopic (exact) mass is 418 g/mol. The maximum atomic E-state index is 12.5. The molecule has 1 aliphatic rings. The van der Waals surface area contributed by atoms with Gasteiger partial charge in [0.2, 0.25) is 5.91 Å². The normalized spacial score (nSPS) is 16.4. The van der Waals surface area contributed by atoms with Gasteiger partial charge in [0.05, 0.1) is 17.7 Å². The molecule has 2 amide bonds. The summed E-state index contributed by atoms with van der Waals surface area (Å²) < 4.78 is 46.4. The minimum Gasteiger partial charge on any atom is -0.444 e. The van der Waals surface area contributed by atoms with Crippen LogP contribution in [0.4, 0.5) is 23.7 Å². The van der Waals surface area contributed by atoms with Gasteiger partial charge in [-0.15, -0.1) is 18.3 Å². The predicted molar refractivity (Wildman–Crippen MR) is 98.6 cm³/mol. The van der Waals surface area contributed by atoms with Gasteiger partial charge in [-0.1, -0.05) is 11.8 Å². The molecule has 0 atom stereocenters. The quantitative estimate of drug-likeness (QED) is 0.576. The van der Waals surface area contributed by atoms with E-state index in [4.69, 9.17) is 4.74 Å². The summed E-state index contributed by atoms with van der Waals surface area (Å²) in [6.45, 7) is 5.00. The number of benzene rings is 1. The van der Waals surface area contributed by atoms with Gasteiger partial charge >= 0.3 is 12.5 Å². The molecule has 152 valence electrons. The molecular formula is C16H17F3N4O4S. The maximum absolute atomic E-state index is 12.5. The van der Waals surface area contributed by atoms with Gasteiger partial charge < -0.3 is 14.8 Å². The molecule has 1 fully saturated rings. The molecule has 12 heteroatoms. The largest absolute Gasteiger partial charge is 0.573 e. The molecule has 0 saturated carbocycles. The number of carbonyl (C=O) groups excluding carboxylic acids is 2. The maximum Gasteiger partial charge on any atom is 0.573 e. The molecule has 0 unspecified atom stereocenters. The fourth-order valence-corrected chi connectivity index (χ4v) is 2.53. The lowest BCUT2D eigenvalue weighted by molar-refractivity contribution is -0.274. The van der Waals surface area contributed by atoms with Crippen LogP contribution in [0.2, 0.25) is 0 Å². The fraction of sp³-hybridized carbons (Fsp3) is 0.375. The summed E-state index contributed by atoms with van der Waals surface area (Å²) in [5, 5.41) is 12.6. The number of nitrogens with one attached hydrogen (secondary N) is 2. The number of hydrogen-bond acceptors (Lipinski definition) is 7. The lowest BCUT2D eigenvalue weighted by atomic mass is 10.2. The number of nitrogens with zero attached hydrogens (tertiary/aromatic N) is 2. The molecule has 0 bridgehead atoms. The number of alkyl halides is 3. The molecule has 8 nitrogen and oxygen atoms in total. The zero-order chi connectivity index (χ0) is 20.9. The Morgan fingerprint density at radius 2 is 2.04 bits per heavy atom. The van der Waals surface area contributed by atoms with Crippen LogP contribution in [0.25, 0.3) is 0 Å². The summed E-state index contributed by atoms with van der Waals surface area (Å²) >= 11 is 1.13. The molecular weight excluding hydrogens is 401 g/mol. The number of carbonyl (C=O) groups is 2. The summed E-state index contributed by atoms with van der Waals surface area (Å²) in [5.41, 5.74) is -0.538. The number of thioether (sulfide) groups is 1. The van der Waals surface area contributed by atoms with Crippen molar-refractivity contribution in [2.24, 2.45) is 10.2 Å². The molecule has 1 saturated heterocycles. The van der Waals surface area contributed by atoms with Crippen LogP contribution in [0.15, 0.2) is 28.4 Å². The van der Waals surface area contributed by atoms with Gasteiger partial charge in [0.25, 0.3) is 0 Å². The second-order valence-corrected chi connectivity index (χ2v) is 7.37. The van der Waals surface area contributed by atoms with E-state index in [0.717, 1.165) is 30.1 Å². The van der Waals surface area contributed by atoms with Crippen molar-refractivity contribution in [2.75, 3.05) is 11.1 Å². The summed E-state index contributed by atoms with van der Waals surface area (Å²) in [5.74, 6) is -0.527. The molecule has 0 spiro atoms. The highest BCUT2D eigenvalue weighted by molar-refractivity contribution is 8.15. The van der Waals surface area contributed by atoms with Crippen LogP contribution in [0, 0.1) is 0 Å². The molecule has 2 rings (SSSR count). The van der Waals surface area contributed by atoms with E-state index in [2.05, 4.69) is 25.6 Å². The fourth-order valence-electron chi connectivity index (χ4n) is 1.89. The molecule has 1 aromatic carbocycles. The Kier molecular flexibility index (Phi) is 6.54. The number of halogens is 3. The third kappa shape index (κ3) is 7.47. The Morgan fingerprint density at radius 3 is 2.61 bits per heavy atom. The van der Waals surface area contributed by atoms with Crippen LogP contribution in [-0.4, -0.2) is 41.1 Å². The number of ether oxygens (including phenoxy) is 2. The molecule has 2 N–H and O–H groups in total. The van der Waals surface area contributed by atoms with Crippen molar-refractivity contribution in [1.82, 2.24) is 5.32 Å². The SMILES string of the molecule is CC(C)(C)OC(=O)Nc1ccc(OC(F)(F)F)cc1C=NN=C1NC(=O)CS1. The highest BCUT2D eigenvalue weighted by atomic mass is 32.2. The van der Waals surface area contributed by atoms with Crippen molar-refractivity contribution in [3.63, 3.8) is 0 Å². The van der Waals surface area contributed by atoms with Crippen molar-refractivity contribution < 1.29 is 32.2 Å². The summed E-state index contributed by atoms with van der Waals surface area (Å²) in [4.78, 5) is 23.1. The average Bonchev–Trinajstić information content (AvgIpc) is 2.92. The molecule has 0 aliphatic carbocycles. The third-order valence-corrected chi connectivity index (χ3v) is 3.69. The van der Waals surface area contributed by atoms with Gasteiger partial charge in [-0.3, -0.25) is 10.1 Å². The van der Waals surface area contributed by atoms with Gasteiger partial charge in [-0.25, -0.2) is 4.79 Å². The standard InChI is InChI=1S/C16H17F3N4O4S/c1-15(2,3)27-14(25)21-11-5-4-10(26-16(17,18)19)6-9(11)7-20-23-13-22-12(24)8-28-13/h4-7H,8H2,1-3H3,(H,21,25)(H,22,23,24). The van der Waals surface area contributed by atoms with E-state index in [1.165, 1.54) is 6.07 Å². The van der Waals surface area contributed by atoms with Gasteiger partial charge in [-0.2, -0.15) is 5.10 Å². The van der Waals surface area contributed by atoms with Gasteiger partial charge in [0, 0.05) is 5.56 Å². The first kappa shape index (κ1) is 21.5. The van der Waals surface area contributed by atoms with E-state index in [1.807, 2.05) is 0 Å². The number of amides is 2. The minimum absolute atomic E-state index is 0.0892. The predicted octanol–water partition coefficient (Wildman–Crippen LogP) is 3.49. The summed E-state index contributed by atoms with van der Waals surface area (Å²) in [7, 11) is 0. The summed E-state index contributed by atoms with van der Waals surface area (Å²) in [6, 6.07) is 3.28. The highest BCUT2D eigenvalue weighted by Gasteiger charge is 2.31. The first-order chi connectivity index (χ1) is 12.9. The molecule has 1 aromatic rings. The van der Waals surface area contributed by atoms with Gasteiger partial charge in [0.15, 0.2) is 5.17 Å². The van der Waals surface area contributed by atoms with Gasteiger partial charge in [0.1, 0.15) is 11.4 Å². The Bertz CT molecular complexity index is 819. The Hall–Kier alpha value is -2.76. The van der Waals surface area contributed by atoms with E-state index in [-0.39, 0.29) is 28.1 Å². The van der Waals surface area contributed by atoms with E-state index in [9.17, 15) is 22.8 Å². The zero-order valence-electron chi connectivity index (χ0n) is 15.1. The molecule has 1 heterocycles. The number of anilines is 1. The first-order valence-corrected chi connectivity index (χ1v) is 8.83. The molecule has 28 heavy (non-hydrogen) atoms. The zero-order valence-corrected chi connectivity index (χ0v) is 15.9. The van der Waals surface area contributed by atoms with Crippen LogP contribution >= 0.6 is 11.8 Å². The lowest BCUT2D eigenvalue weighted by Crippen LogP contribution is -2.27. The van der Waals surface area contributed by atoms with E-state index in [0.29, 0.717) is 0 Å². The lowest BCUT2D eigenvalue weighted by Gasteiger charge is -2.20. The highest BCUT2D eigenvalue weighted by Crippen LogP contribution is 2.27.